The maximum atomic E-state index is 7.71. The van der Waals surface area contributed by atoms with Crippen LogP contribution >= 0.6 is 11.8 Å². The van der Waals surface area contributed by atoms with Crippen molar-refractivity contribution in [2.24, 2.45) is 5.73 Å². The fourth-order valence-corrected chi connectivity index (χ4v) is 2.08. The standard InChI is InChI=1S/C14H23N3OS/c1-14(2,17(3)4)9-18-10-7-6-8-11(19-5)12(10)13(15)16/h6-8H,9H2,1-5H3,(H3,15,16). The first-order valence-electron chi connectivity index (χ1n) is 6.11. The number of hydrogen-bond acceptors (Lipinski definition) is 4. The number of amidine groups is 1. The number of nitrogens with zero attached hydrogens (tertiary/aromatic N) is 1. The third-order valence-corrected chi connectivity index (χ3v) is 4.05. The second kappa shape index (κ2) is 6.30. The highest BCUT2D eigenvalue weighted by molar-refractivity contribution is 7.98. The van der Waals surface area contributed by atoms with Gasteiger partial charge in [0, 0.05) is 10.4 Å². The molecule has 0 heterocycles. The number of nitrogen functional groups attached to an aromatic ring is 1. The molecule has 1 rings (SSSR count). The van der Waals surface area contributed by atoms with E-state index in [1.165, 1.54) is 0 Å². The van der Waals surface area contributed by atoms with E-state index in [-0.39, 0.29) is 11.4 Å². The van der Waals surface area contributed by atoms with Crippen LogP contribution in [-0.4, -0.2) is 43.2 Å². The maximum Gasteiger partial charge on any atom is 0.131 e. The predicted molar refractivity (Wildman–Crippen MR) is 82.5 cm³/mol. The van der Waals surface area contributed by atoms with Crippen LogP contribution in [0.4, 0.5) is 0 Å². The molecular weight excluding hydrogens is 258 g/mol. The van der Waals surface area contributed by atoms with Crippen LogP contribution in [0.25, 0.3) is 0 Å². The molecule has 0 aliphatic heterocycles. The summed E-state index contributed by atoms with van der Waals surface area (Å²) in [6.45, 7) is 4.76. The van der Waals surface area contributed by atoms with Gasteiger partial charge >= 0.3 is 0 Å². The largest absolute Gasteiger partial charge is 0.491 e. The molecule has 0 bridgehead atoms. The monoisotopic (exact) mass is 281 g/mol. The van der Waals surface area contributed by atoms with Crippen LogP contribution in [0.3, 0.4) is 0 Å². The highest BCUT2D eigenvalue weighted by Gasteiger charge is 2.22. The molecule has 0 fully saturated rings. The number of hydrogen-bond donors (Lipinski definition) is 2. The summed E-state index contributed by atoms with van der Waals surface area (Å²) in [5.41, 5.74) is 6.27. The van der Waals surface area contributed by atoms with Gasteiger partial charge in [-0.25, -0.2) is 0 Å². The molecule has 0 aliphatic carbocycles. The molecule has 0 saturated carbocycles. The van der Waals surface area contributed by atoms with Gasteiger partial charge in [0.05, 0.1) is 5.56 Å². The van der Waals surface area contributed by atoms with Gasteiger partial charge in [-0.05, 0) is 46.3 Å². The Morgan fingerprint density at radius 3 is 2.53 bits per heavy atom. The predicted octanol–water partition coefficient (Wildman–Crippen LogP) is 2.41. The van der Waals surface area contributed by atoms with Gasteiger partial charge in [-0.15, -0.1) is 11.8 Å². The average molecular weight is 281 g/mol. The average Bonchev–Trinajstić information content (AvgIpc) is 2.35. The molecule has 4 nitrogen and oxygen atoms in total. The zero-order chi connectivity index (χ0) is 14.6. The Bertz CT molecular complexity index is 458. The molecule has 0 saturated heterocycles. The van der Waals surface area contributed by atoms with Crippen LogP contribution in [0.15, 0.2) is 23.1 Å². The molecule has 0 unspecified atom stereocenters. The summed E-state index contributed by atoms with van der Waals surface area (Å²) in [5, 5.41) is 7.71. The SMILES string of the molecule is CSc1cccc(OCC(C)(C)N(C)C)c1C(=N)N. The molecule has 0 spiro atoms. The number of likely N-dealkylation sites (N-methyl/N-ethyl adjacent to an activating group) is 1. The number of nitrogens with one attached hydrogen (secondary N) is 1. The zero-order valence-electron chi connectivity index (χ0n) is 12.3. The molecule has 3 N–H and O–H groups in total. The third kappa shape index (κ3) is 3.88. The summed E-state index contributed by atoms with van der Waals surface area (Å²) in [4.78, 5) is 3.08. The molecule has 5 heteroatoms. The molecular formula is C14H23N3OS. The summed E-state index contributed by atoms with van der Waals surface area (Å²) < 4.78 is 5.89. The molecule has 0 aromatic heterocycles. The number of rotatable bonds is 6. The van der Waals surface area contributed by atoms with Gasteiger partial charge in [-0.1, -0.05) is 6.07 Å². The van der Waals surface area contributed by atoms with E-state index >= 15 is 0 Å². The lowest BCUT2D eigenvalue weighted by atomic mass is 10.1. The Labute approximate surface area is 119 Å². The van der Waals surface area contributed by atoms with Crippen molar-refractivity contribution in [2.75, 3.05) is 27.0 Å². The zero-order valence-corrected chi connectivity index (χ0v) is 13.1. The van der Waals surface area contributed by atoms with Gasteiger partial charge in [0.15, 0.2) is 0 Å². The van der Waals surface area contributed by atoms with E-state index in [1.807, 2.05) is 38.6 Å². The van der Waals surface area contributed by atoms with Crippen LogP contribution in [0.2, 0.25) is 0 Å². The van der Waals surface area contributed by atoms with Gasteiger partial charge in [-0.2, -0.15) is 0 Å². The van der Waals surface area contributed by atoms with E-state index in [9.17, 15) is 0 Å². The number of thioether (sulfide) groups is 1. The highest BCUT2D eigenvalue weighted by atomic mass is 32.2. The first-order chi connectivity index (χ1) is 8.79. The minimum absolute atomic E-state index is 0.0441. The molecule has 19 heavy (non-hydrogen) atoms. The number of nitrogens with two attached hydrogens (primary N) is 1. The fraction of sp³-hybridized carbons (Fsp3) is 0.500. The fourth-order valence-electron chi connectivity index (χ4n) is 1.45. The Hall–Kier alpha value is -1.20. The lowest BCUT2D eigenvalue weighted by Gasteiger charge is -2.32. The van der Waals surface area contributed by atoms with E-state index < -0.39 is 0 Å². The normalized spacial score (nSPS) is 11.7. The lowest BCUT2D eigenvalue weighted by Crippen LogP contribution is -2.43. The highest BCUT2D eigenvalue weighted by Crippen LogP contribution is 2.29. The van der Waals surface area contributed by atoms with E-state index in [0.717, 1.165) is 4.90 Å². The van der Waals surface area contributed by atoms with Crippen molar-refractivity contribution in [3.8, 4) is 5.75 Å². The first kappa shape index (κ1) is 15.9. The summed E-state index contributed by atoms with van der Waals surface area (Å²) in [6.07, 6.45) is 1.97. The summed E-state index contributed by atoms with van der Waals surface area (Å²) in [7, 11) is 4.04. The minimum atomic E-state index is -0.0799. The van der Waals surface area contributed by atoms with Crippen molar-refractivity contribution in [3.05, 3.63) is 23.8 Å². The van der Waals surface area contributed by atoms with Crippen molar-refractivity contribution >= 4 is 17.6 Å². The Morgan fingerprint density at radius 2 is 2.05 bits per heavy atom. The molecule has 0 atom stereocenters. The van der Waals surface area contributed by atoms with E-state index in [1.54, 1.807) is 11.8 Å². The molecule has 0 aliphatic rings. The van der Waals surface area contributed by atoms with Crippen molar-refractivity contribution in [1.29, 1.82) is 5.41 Å². The van der Waals surface area contributed by atoms with E-state index in [4.69, 9.17) is 15.9 Å². The lowest BCUT2D eigenvalue weighted by molar-refractivity contribution is 0.114. The third-order valence-electron chi connectivity index (χ3n) is 3.27. The summed E-state index contributed by atoms with van der Waals surface area (Å²) in [5.74, 6) is 0.719. The van der Waals surface area contributed by atoms with Crippen LogP contribution in [0.5, 0.6) is 5.75 Å². The smallest absolute Gasteiger partial charge is 0.131 e. The van der Waals surface area contributed by atoms with Crippen molar-refractivity contribution in [3.63, 3.8) is 0 Å². The number of benzene rings is 1. The van der Waals surface area contributed by atoms with Crippen molar-refractivity contribution in [1.82, 2.24) is 4.90 Å². The van der Waals surface area contributed by atoms with Crippen LogP contribution < -0.4 is 10.5 Å². The topological polar surface area (TPSA) is 62.3 Å². The number of ether oxygens (including phenoxy) is 1. The quantitative estimate of drug-likeness (QED) is 0.477. The summed E-state index contributed by atoms with van der Waals surface area (Å²) in [6, 6.07) is 5.74. The van der Waals surface area contributed by atoms with E-state index in [0.29, 0.717) is 17.9 Å². The van der Waals surface area contributed by atoms with Crippen LogP contribution in [-0.2, 0) is 0 Å². The van der Waals surface area contributed by atoms with Crippen molar-refractivity contribution in [2.45, 2.75) is 24.3 Å². The molecule has 0 radical (unpaired) electrons. The first-order valence-corrected chi connectivity index (χ1v) is 7.33. The Balaban J connectivity index is 2.99. The second-order valence-corrected chi connectivity index (χ2v) is 6.09. The van der Waals surface area contributed by atoms with Gasteiger partial charge < -0.3 is 15.4 Å². The molecule has 0 amide bonds. The van der Waals surface area contributed by atoms with Gasteiger partial charge in [0.25, 0.3) is 0 Å². The van der Waals surface area contributed by atoms with Crippen LogP contribution in [0, 0.1) is 5.41 Å². The van der Waals surface area contributed by atoms with Gasteiger partial charge in [0.2, 0.25) is 0 Å². The van der Waals surface area contributed by atoms with E-state index in [2.05, 4.69) is 18.7 Å². The Kier molecular flexibility index (Phi) is 5.26. The maximum absolute atomic E-state index is 7.71. The Morgan fingerprint density at radius 1 is 1.42 bits per heavy atom. The molecule has 106 valence electrons. The van der Waals surface area contributed by atoms with Crippen LogP contribution in [0.1, 0.15) is 19.4 Å². The van der Waals surface area contributed by atoms with Crippen molar-refractivity contribution < 1.29 is 4.74 Å². The van der Waals surface area contributed by atoms with Gasteiger partial charge in [0.1, 0.15) is 18.2 Å². The minimum Gasteiger partial charge on any atom is -0.491 e. The molecule has 1 aromatic carbocycles. The molecule has 1 aromatic rings. The van der Waals surface area contributed by atoms with Gasteiger partial charge in [-0.3, -0.25) is 5.41 Å². The second-order valence-electron chi connectivity index (χ2n) is 5.24. The summed E-state index contributed by atoms with van der Waals surface area (Å²) >= 11 is 1.57.